The topological polar surface area (TPSA) is 68.8 Å². The molecule has 2 rings (SSSR count). The molecule has 2 aromatic rings. The number of pyridine rings is 1. The Bertz CT molecular complexity index is 581. The van der Waals surface area contributed by atoms with Crippen LogP contribution in [0.3, 0.4) is 0 Å². The van der Waals surface area contributed by atoms with Crippen molar-refractivity contribution in [3.8, 4) is 0 Å². The van der Waals surface area contributed by atoms with Crippen molar-refractivity contribution in [2.24, 2.45) is 12.9 Å². The molecule has 0 saturated carbocycles. The van der Waals surface area contributed by atoms with Crippen molar-refractivity contribution < 1.29 is 13.2 Å². The molecule has 102 valence electrons. The molecule has 2 aromatic heterocycles. The van der Waals surface area contributed by atoms with Gasteiger partial charge in [0.2, 0.25) is 0 Å². The number of nitrogens with two attached hydrogens (primary N) is 1. The minimum absolute atomic E-state index is 0.0495. The van der Waals surface area contributed by atoms with E-state index >= 15 is 0 Å². The SMILES string of the molecule is Cn1ccnc1Sc1cc(C(F)(F)F)cc(NN)n1. The average molecular weight is 289 g/mol. The lowest BCUT2D eigenvalue weighted by Crippen LogP contribution is -2.12. The number of rotatable bonds is 3. The van der Waals surface area contributed by atoms with E-state index in [0.717, 1.165) is 23.9 Å². The van der Waals surface area contributed by atoms with Crippen LogP contribution in [-0.4, -0.2) is 14.5 Å². The zero-order valence-corrected chi connectivity index (χ0v) is 10.6. The van der Waals surface area contributed by atoms with Crippen LogP contribution in [0.15, 0.2) is 34.7 Å². The fraction of sp³-hybridized carbons (Fsp3) is 0.200. The molecule has 0 bridgehead atoms. The number of nitrogens with zero attached hydrogens (tertiary/aromatic N) is 3. The van der Waals surface area contributed by atoms with Crippen molar-refractivity contribution in [1.29, 1.82) is 0 Å². The fourth-order valence-electron chi connectivity index (χ4n) is 1.34. The van der Waals surface area contributed by atoms with Crippen molar-refractivity contribution in [3.63, 3.8) is 0 Å². The molecule has 3 N–H and O–H groups in total. The van der Waals surface area contributed by atoms with Gasteiger partial charge in [0.05, 0.1) is 5.56 Å². The Morgan fingerprint density at radius 3 is 2.63 bits per heavy atom. The van der Waals surface area contributed by atoms with E-state index in [9.17, 15) is 13.2 Å². The fourth-order valence-corrected chi connectivity index (χ4v) is 2.17. The highest BCUT2D eigenvalue weighted by molar-refractivity contribution is 7.99. The van der Waals surface area contributed by atoms with E-state index in [4.69, 9.17) is 5.84 Å². The predicted octanol–water partition coefficient (Wildman–Crippen LogP) is 2.27. The van der Waals surface area contributed by atoms with Crippen LogP contribution in [-0.2, 0) is 13.2 Å². The van der Waals surface area contributed by atoms with E-state index in [1.807, 2.05) is 0 Å². The van der Waals surface area contributed by atoms with Crippen LogP contribution in [0.5, 0.6) is 0 Å². The van der Waals surface area contributed by atoms with Gasteiger partial charge in [-0.05, 0) is 23.9 Å². The van der Waals surface area contributed by atoms with Crippen molar-refractivity contribution >= 4 is 17.6 Å². The normalized spacial score (nSPS) is 11.6. The number of aryl methyl sites for hydroxylation is 1. The summed E-state index contributed by atoms with van der Waals surface area (Å²) in [5.74, 6) is 5.07. The Hall–Kier alpha value is -1.74. The molecule has 2 heterocycles. The second-order valence-corrected chi connectivity index (χ2v) is 4.63. The van der Waals surface area contributed by atoms with Crippen LogP contribution < -0.4 is 11.3 Å². The van der Waals surface area contributed by atoms with E-state index in [0.29, 0.717) is 5.16 Å². The number of halogens is 3. The molecule has 0 amide bonds. The summed E-state index contributed by atoms with van der Waals surface area (Å²) >= 11 is 1.03. The summed E-state index contributed by atoms with van der Waals surface area (Å²) < 4.78 is 39.8. The number of hydrogen-bond acceptors (Lipinski definition) is 5. The monoisotopic (exact) mass is 289 g/mol. The van der Waals surface area contributed by atoms with Gasteiger partial charge >= 0.3 is 6.18 Å². The van der Waals surface area contributed by atoms with Crippen molar-refractivity contribution in [1.82, 2.24) is 14.5 Å². The number of alkyl halides is 3. The van der Waals surface area contributed by atoms with E-state index in [1.54, 1.807) is 24.0 Å². The highest BCUT2D eigenvalue weighted by atomic mass is 32.2. The lowest BCUT2D eigenvalue weighted by atomic mass is 10.2. The Kier molecular flexibility index (Phi) is 3.67. The van der Waals surface area contributed by atoms with E-state index in [2.05, 4.69) is 15.4 Å². The second kappa shape index (κ2) is 5.10. The van der Waals surface area contributed by atoms with Gasteiger partial charge in [0, 0.05) is 19.4 Å². The summed E-state index contributed by atoms with van der Waals surface area (Å²) in [5.41, 5.74) is 1.31. The average Bonchev–Trinajstić information content (AvgIpc) is 2.73. The lowest BCUT2D eigenvalue weighted by Gasteiger charge is -2.10. The molecular formula is C10H10F3N5S. The smallest absolute Gasteiger partial charge is 0.329 e. The van der Waals surface area contributed by atoms with Crippen LogP contribution in [0.4, 0.5) is 19.0 Å². The van der Waals surface area contributed by atoms with Gasteiger partial charge in [0.15, 0.2) is 5.16 Å². The van der Waals surface area contributed by atoms with Gasteiger partial charge in [0.1, 0.15) is 10.8 Å². The zero-order valence-electron chi connectivity index (χ0n) is 9.77. The van der Waals surface area contributed by atoms with Crippen LogP contribution in [0.2, 0.25) is 0 Å². The Morgan fingerprint density at radius 1 is 1.37 bits per heavy atom. The first-order chi connectivity index (χ1) is 8.90. The third-order valence-electron chi connectivity index (χ3n) is 2.25. The standard InChI is InChI=1S/C10H10F3N5S/c1-18-3-2-15-9(18)19-8-5-6(10(11,12)13)4-7(16-8)17-14/h2-5H,14H2,1H3,(H,16,17). The summed E-state index contributed by atoms with van der Waals surface area (Å²) in [6.45, 7) is 0. The molecule has 0 unspecified atom stereocenters. The molecule has 0 aliphatic carbocycles. The maximum Gasteiger partial charge on any atom is 0.416 e. The number of hydrazine groups is 1. The van der Waals surface area contributed by atoms with Crippen LogP contribution in [0.25, 0.3) is 0 Å². The molecule has 0 radical (unpaired) electrons. The third kappa shape index (κ3) is 3.18. The maximum atomic E-state index is 12.7. The molecule has 0 fully saturated rings. The second-order valence-electron chi connectivity index (χ2n) is 3.64. The minimum Gasteiger partial charge on any atom is -0.329 e. The Morgan fingerprint density at radius 2 is 2.11 bits per heavy atom. The molecule has 0 aliphatic rings. The quantitative estimate of drug-likeness (QED) is 0.670. The molecular weight excluding hydrogens is 279 g/mol. The lowest BCUT2D eigenvalue weighted by molar-refractivity contribution is -0.137. The highest BCUT2D eigenvalue weighted by Gasteiger charge is 2.31. The number of aromatic nitrogens is 3. The van der Waals surface area contributed by atoms with Crippen LogP contribution in [0.1, 0.15) is 5.56 Å². The summed E-state index contributed by atoms with van der Waals surface area (Å²) in [6, 6.07) is 1.81. The maximum absolute atomic E-state index is 12.7. The minimum atomic E-state index is -4.45. The number of hydrogen-bond donors (Lipinski definition) is 2. The Labute approximate surface area is 111 Å². The molecule has 0 aliphatic heterocycles. The number of nitrogen functional groups attached to an aromatic ring is 1. The summed E-state index contributed by atoms with van der Waals surface area (Å²) in [7, 11) is 1.74. The van der Waals surface area contributed by atoms with Gasteiger partial charge in [0.25, 0.3) is 0 Å². The third-order valence-corrected chi connectivity index (χ3v) is 3.24. The summed E-state index contributed by atoms with van der Waals surface area (Å²) in [6.07, 6.45) is -1.21. The molecule has 5 nitrogen and oxygen atoms in total. The van der Waals surface area contributed by atoms with E-state index < -0.39 is 11.7 Å². The number of nitrogens with one attached hydrogen (secondary N) is 1. The van der Waals surface area contributed by atoms with Crippen LogP contribution >= 0.6 is 11.8 Å². The van der Waals surface area contributed by atoms with Gasteiger partial charge in [-0.2, -0.15) is 13.2 Å². The zero-order chi connectivity index (χ0) is 14.0. The summed E-state index contributed by atoms with van der Waals surface area (Å²) in [4.78, 5) is 7.97. The van der Waals surface area contributed by atoms with E-state index in [1.165, 1.54) is 0 Å². The largest absolute Gasteiger partial charge is 0.416 e. The van der Waals surface area contributed by atoms with Gasteiger partial charge in [-0.15, -0.1) is 0 Å². The summed E-state index contributed by atoms with van der Waals surface area (Å²) in [5, 5.41) is 0.701. The van der Waals surface area contributed by atoms with E-state index in [-0.39, 0.29) is 10.8 Å². The van der Waals surface area contributed by atoms with Crippen molar-refractivity contribution in [2.75, 3.05) is 5.43 Å². The highest BCUT2D eigenvalue weighted by Crippen LogP contribution is 2.34. The first-order valence-corrected chi connectivity index (χ1v) is 5.93. The molecule has 0 atom stereocenters. The first-order valence-electron chi connectivity index (χ1n) is 5.11. The molecule has 9 heteroatoms. The first kappa shape index (κ1) is 13.7. The molecule has 19 heavy (non-hydrogen) atoms. The van der Waals surface area contributed by atoms with Gasteiger partial charge in [-0.3, -0.25) is 0 Å². The van der Waals surface area contributed by atoms with Gasteiger partial charge in [-0.1, -0.05) is 0 Å². The van der Waals surface area contributed by atoms with Crippen LogP contribution in [0, 0.1) is 0 Å². The van der Waals surface area contributed by atoms with Crippen molar-refractivity contribution in [3.05, 3.63) is 30.1 Å². The molecule has 0 saturated heterocycles. The van der Waals surface area contributed by atoms with Crippen molar-refractivity contribution in [2.45, 2.75) is 16.4 Å². The van der Waals surface area contributed by atoms with Gasteiger partial charge < -0.3 is 9.99 Å². The van der Waals surface area contributed by atoms with Gasteiger partial charge in [-0.25, -0.2) is 15.8 Å². The predicted molar refractivity (Wildman–Crippen MR) is 64.4 cm³/mol. The number of imidazole rings is 1. The number of anilines is 1. The molecule has 0 spiro atoms. The molecule has 0 aromatic carbocycles. The Balaban J connectivity index is 2.37.